The van der Waals surface area contributed by atoms with Crippen molar-refractivity contribution in [3.63, 3.8) is 0 Å². The quantitative estimate of drug-likeness (QED) is 0.540. The van der Waals surface area contributed by atoms with Crippen LogP contribution in [-0.4, -0.2) is 22.6 Å². The van der Waals surface area contributed by atoms with Crippen LogP contribution in [0, 0.1) is 11.8 Å². The first kappa shape index (κ1) is 23.4. The van der Waals surface area contributed by atoms with Crippen molar-refractivity contribution >= 4 is 17.4 Å². The smallest absolute Gasteiger partial charge is 0.329 e. The summed E-state index contributed by atoms with van der Waals surface area (Å²) in [5.74, 6) is 1.47. The highest BCUT2D eigenvalue weighted by Gasteiger charge is 2.25. The number of hydrogen-bond donors (Lipinski definition) is 1. The van der Waals surface area contributed by atoms with Gasteiger partial charge in [0, 0.05) is 31.1 Å². The normalized spacial score (nSPS) is 14.7. The van der Waals surface area contributed by atoms with E-state index < -0.39 is 0 Å². The van der Waals surface area contributed by atoms with Crippen molar-refractivity contribution in [2.24, 2.45) is 11.8 Å². The fourth-order valence-corrected chi connectivity index (χ4v) is 4.93. The average Bonchev–Trinajstić information content (AvgIpc) is 2.79. The van der Waals surface area contributed by atoms with Crippen molar-refractivity contribution in [2.75, 3.05) is 18.0 Å². The minimum Gasteiger partial charge on any atom is -0.358 e. The van der Waals surface area contributed by atoms with E-state index in [2.05, 4.69) is 34.1 Å². The molecule has 174 valence electrons. The van der Waals surface area contributed by atoms with E-state index in [-0.39, 0.29) is 17.2 Å². The van der Waals surface area contributed by atoms with Crippen LogP contribution in [-0.2, 0) is 19.4 Å². The van der Waals surface area contributed by atoms with Crippen molar-refractivity contribution in [3.05, 3.63) is 97.1 Å². The zero-order chi connectivity index (χ0) is 23.4. The van der Waals surface area contributed by atoms with Gasteiger partial charge in [-0.1, -0.05) is 67.9 Å². The molecule has 6 heteroatoms. The van der Waals surface area contributed by atoms with Crippen LogP contribution < -0.4 is 16.1 Å². The second-order valence-electron chi connectivity index (χ2n) is 9.49. The third kappa shape index (κ3) is 5.77. The number of aromatic amines is 1. The van der Waals surface area contributed by atoms with Crippen LogP contribution in [0.2, 0.25) is 5.02 Å². The van der Waals surface area contributed by atoms with Crippen LogP contribution in [0.15, 0.2) is 64.2 Å². The summed E-state index contributed by atoms with van der Waals surface area (Å²) in [6, 6.07) is 18.2. The Balaban J connectivity index is 1.61. The summed E-state index contributed by atoms with van der Waals surface area (Å²) in [4.78, 5) is 31.6. The fraction of sp³-hybridized carbons (Fsp3) is 0.407. The van der Waals surface area contributed by atoms with Gasteiger partial charge in [-0.15, -0.1) is 0 Å². The van der Waals surface area contributed by atoms with E-state index in [9.17, 15) is 9.59 Å². The topological polar surface area (TPSA) is 58.1 Å². The van der Waals surface area contributed by atoms with Gasteiger partial charge in [0.05, 0.1) is 5.56 Å². The number of hydrogen-bond acceptors (Lipinski definition) is 3. The number of H-pyrrole nitrogens is 1. The Morgan fingerprint density at radius 2 is 1.70 bits per heavy atom. The van der Waals surface area contributed by atoms with E-state index in [0.717, 1.165) is 37.9 Å². The Bertz CT molecular complexity index is 1190. The molecule has 1 fully saturated rings. The van der Waals surface area contributed by atoms with Gasteiger partial charge in [-0.3, -0.25) is 14.3 Å². The maximum atomic E-state index is 13.5. The Labute approximate surface area is 200 Å². The van der Waals surface area contributed by atoms with Crippen LogP contribution in [0.3, 0.4) is 0 Å². The first-order valence-electron chi connectivity index (χ1n) is 11.8. The Morgan fingerprint density at radius 3 is 2.36 bits per heavy atom. The van der Waals surface area contributed by atoms with Gasteiger partial charge in [0.15, 0.2) is 0 Å². The zero-order valence-corrected chi connectivity index (χ0v) is 20.1. The molecule has 1 aliphatic rings. The van der Waals surface area contributed by atoms with Gasteiger partial charge in [0.2, 0.25) is 0 Å². The molecule has 1 N–H and O–H groups in total. The summed E-state index contributed by atoms with van der Waals surface area (Å²) in [5.41, 5.74) is 2.43. The molecule has 1 saturated heterocycles. The lowest BCUT2D eigenvalue weighted by Crippen LogP contribution is -2.43. The summed E-state index contributed by atoms with van der Waals surface area (Å²) in [7, 11) is 0. The number of benzene rings is 2. The molecule has 0 radical (unpaired) electrons. The van der Waals surface area contributed by atoms with Crippen LogP contribution in [0.5, 0.6) is 0 Å². The molecule has 0 atom stereocenters. The molecular weight excluding hydrogens is 434 g/mol. The Kier molecular flexibility index (Phi) is 7.39. The average molecular weight is 466 g/mol. The number of nitrogens with zero attached hydrogens (tertiary/aromatic N) is 2. The lowest BCUT2D eigenvalue weighted by atomic mass is 9.90. The van der Waals surface area contributed by atoms with E-state index in [1.807, 2.05) is 44.2 Å². The number of rotatable bonds is 7. The van der Waals surface area contributed by atoms with Crippen LogP contribution in [0.1, 0.15) is 43.4 Å². The molecule has 0 aliphatic carbocycles. The largest absolute Gasteiger partial charge is 0.358 e. The first-order valence-corrected chi connectivity index (χ1v) is 12.2. The minimum atomic E-state index is -0.329. The van der Waals surface area contributed by atoms with Crippen LogP contribution >= 0.6 is 11.6 Å². The van der Waals surface area contributed by atoms with Gasteiger partial charge < -0.3 is 4.90 Å². The van der Waals surface area contributed by atoms with Gasteiger partial charge in [-0.2, -0.15) is 0 Å². The van der Waals surface area contributed by atoms with E-state index in [1.165, 1.54) is 10.1 Å². The van der Waals surface area contributed by atoms with Crippen molar-refractivity contribution < 1.29 is 0 Å². The number of piperidine rings is 1. The summed E-state index contributed by atoms with van der Waals surface area (Å²) in [6.07, 6.45) is 3.56. The summed E-state index contributed by atoms with van der Waals surface area (Å²) in [5, 5.41) is 0.641. The van der Waals surface area contributed by atoms with Crippen molar-refractivity contribution in [2.45, 2.75) is 46.1 Å². The molecule has 1 aliphatic heterocycles. The van der Waals surface area contributed by atoms with Gasteiger partial charge in [-0.25, -0.2) is 4.79 Å². The molecule has 0 amide bonds. The van der Waals surface area contributed by atoms with Gasteiger partial charge in [0.25, 0.3) is 5.56 Å². The Hall–Kier alpha value is -2.79. The van der Waals surface area contributed by atoms with E-state index in [0.29, 0.717) is 35.3 Å². The molecule has 2 aromatic carbocycles. The third-order valence-corrected chi connectivity index (χ3v) is 6.61. The van der Waals surface area contributed by atoms with E-state index in [1.54, 1.807) is 0 Å². The molecule has 2 heterocycles. The maximum absolute atomic E-state index is 13.5. The molecule has 0 saturated carbocycles. The molecule has 1 aromatic heterocycles. The molecular formula is C27H32ClN3O2. The van der Waals surface area contributed by atoms with E-state index in [4.69, 9.17) is 11.6 Å². The first-order chi connectivity index (χ1) is 15.9. The number of nitrogens with one attached hydrogen (secondary N) is 1. The molecule has 0 bridgehead atoms. The van der Waals surface area contributed by atoms with Crippen LogP contribution in [0.25, 0.3) is 0 Å². The highest BCUT2D eigenvalue weighted by atomic mass is 35.5. The van der Waals surface area contributed by atoms with Crippen LogP contribution in [0.4, 0.5) is 5.82 Å². The van der Waals surface area contributed by atoms with Gasteiger partial charge in [0.1, 0.15) is 5.82 Å². The summed E-state index contributed by atoms with van der Waals surface area (Å²) >= 11 is 6.20. The van der Waals surface area contributed by atoms with Crippen molar-refractivity contribution in [1.82, 2.24) is 9.55 Å². The van der Waals surface area contributed by atoms with E-state index >= 15 is 0 Å². The van der Waals surface area contributed by atoms with Crippen molar-refractivity contribution in [3.8, 4) is 0 Å². The molecule has 33 heavy (non-hydrogen) atoms. The lowest BCUT2D eigenvalue weighted by molar-refractivity contribution is 0.400. The standard InChI is InChI=1S/C27H32ClN3O2/c1-19(2)18-31-26(32)24(17-22-9-6-10-23(28)16-22)25(29-27(31)33)30-13-11-21(12-14-30)15-20-7-4-3-5-8-20/h3-10,16,19,21H,11-15,17-18H2,1-2H3,(H,29,33). The molecule has 0 unspecified atom stereocenters. The molecule has 5 nitrogen and oxygen atoms in total. The maximum Gasteiger partial charge on any atom is 0.329 e. The molecule has 0 spiro atoms. The molecule has 3 aromatic rings. The predicted molar refractivity (Wildman–Crippen MR) is 136 cm³/mol. The lowest BCUT2D eigenvalue weighted by Gasteiger charge is -2.34. The second-order valence-corrected chi connectivity index (χ2v) is 9.93. The monoisotopic (exact) mass is 465 g/mol. The van der Waals surface area contributed by atoms with Crippen molar-refractivity contribution in [1.29, 1.82) is 0 Å². The minimum absolute atomic E-state index is 0.197. The number of halogens is 1. The highest BCUT2D eigenvalue weighted by Crippen LogP contribution is 2.26. The fourth-order valence-electron chi connectivity index (χ4n) is 4.72. The predicted octanol–water partition coefficient (Wildman–Crippen LogP) is 4.90. The second kappa shape index (κ2) is 10.4. The SMILES string of the molecule is CC(C)Cn1c(=O)[nH]c(N2CCC(Cc3ccccc3)CC2)c(Cc2cccc(Cl)c2)c1=O. The third-order valence-electron chi connectivity index (χ3n) is 6.38. The summed E-state index contributed by atoms with van der Waals surface area (Å²) in [6.45, 7) is 6.06. The highest BCUT2D eigenvalue weighted by molar-refractivity contribution is 6.30. The number of anilines is 1. The molecule has 4 rings (SSSR count). The summed E-state index contributed by atoms with van der Waals surface area (Å²) < 4.78 is 1.34. The number of aromatic nitrogens is 2. The Morgan fingerprint density at radius 1 is 1.00 bits per heavy atom. The zero-order valence-electron chi connectivity index (χ0n) is 19.4. The van der Waals surface area contributed by atoms with Gasteiger partial charge >= 0.3 is 5.69 Å². The van der Waals surface area contributed by atoms with Gasteiger partial charge in [-0.05, 0) is 54.4 Å².